The van der Waals surface area contributed by atoms with E-state index in [9.17, 15) is 9.00 Å². The van der Waals surface area contributed by atoms with Crippen molar-refractivity contribution in [1.29, 1.82) is 0 Å². The number of nitrogens with one attached hydrogen (secondary N) is 1. The Labute approximate surface area is 109 Å². The van der Waals surface area contributed by atoms with Crippen molar-refractivity contribution in [1.82, 2.24) is 5.32 Å². The highest BCUT2D eigenvalue weighted by atomic mass is 32.2. The predicted molar refractivity (Wildman–Crippen MR) is 69.8 cm³/mol. The molecule has 17 heavy (non-hydrogen) atoms. The lowest BCUT2D eigenvalue weighted by Gasteiger charge is -2.58. The number of hydrogen-bond acceptors (Lipinski definition) is 3. The first kappa shape index (κ1) is 14.7. The van der Waals surface area contributed by atoms with E-state index in [1.807, 2.05) is 0 Å². The van der Waals surface area contributed by atoms with Crippen LogP contribution in [0.15, 0.2) is 0 Å². The molecular weight excluding hydrogens is 233 g/mol. The second-order valence-corrected chi connectivity index (χ2v) is 7.01. The first-order valence-electron chi connectivity index (χ1n) is 4.96. The van der Waals surface area contributed by atoms with Crippen LogP contribution in [0, 0.1) is 0 Å². The third-order valence-electron chi connectivity index (χ3n) is 2.21. The van der Waals surface area contributed by atoms with Crippen LogP contribution in [-0.4, -0.2) is 62.4 Å². The second-order valence-electron chi connectivity index (χ2n) is 5.06. The minimum Gasteiger partial charge on any atom is -0.444 e. The van der Waals surface area contributed by atoms with Crippen LogP contribution in [0.3, 0.4) is 0 Å². The largest absolute Gasteiger partial charge is 0.444 e. The predicted octanol–water partition coefficient (Wildman–Crippen LogP) is -1.38. The van der Waals surface area contributed by atoms with E-state index in [1.54, 1.807) is 20.8 Å². The van der Waals surface area contributed by atoms with E-state index in [0.717, 1.165) is 0 Å². The molecular formula is C8H11B4NO3S. The molecule has 1 aliphatic heterocycles. The van der Waals surface area contributed by atoms with E-state index in [0.29, 0.717) is 0 Å². The summed E-state index contributed by atoms with van der Waals surface area (Å²) in [5, 5.41) is 2.33. The summed E-state index contributed by atoms with van der Waals surface area (Å²) in [5.41, 5.74) is -0.676. The first-order chi connectivity index (χ1) is 7.39. The number of hydrogen-bond donors (Lipinski definition) is 1. The highest BCUT2D eigenvalue weighted by Crippen LogP contribution is 2.37. The van der Waals surface area contributed by atoms with Crippen molar-refractivity contribution in [3.05, 3.63) is 0 Å². The number of amides is 1. The third kappa shape index (κ3) is 2.75. The van der Waals surface area contributed by atoms with Crippen LogP contribution in [0.4, 0.5) is 4.79 Å². The van der Waals surface area contributed by atoms with Gasteiger partial charge < -0.3 is 10.1 Å². The van der Waals surface area contributed by atoms with Crippen LogP contribution in [0.5, 0.6) is 0 Å². The molecule has 0 aromatic carbocycles. The third-order valence-corrected chi connectivity index (χ3v) is 3.96. The van der Waals surface area contributed by atoms with Crippen molar-refractivity contribution in [2.75, 3.05) is 0 Å². The Morgan fingerprint density at radius 2 is 1.65 bits per heavy atom. The molecule has 4 nitrogen and oxygen atoms in total. The number of alkyl carbamates (subject to hydrolysis) is 1. The lowest BCUT2D eigenvalue weighted by Crippen LogP contribution is -2.81. The fraction of sp³-hybridized carbons (Fsp3) is 0.875. The highest BCUT2D eigenvalue weighted by Gasteiger charge is 2.58. The van der Waals surface area contributed by atoms with Gasteiger partial charge in [-0.15, -0.1) is 0 Å². The summed E-state index contributed by atoms with van der Waals surface area (Å²) >= 11 is 0. The minimum atomic E-state index is -1.84. The molecule has 9 heteroatoms. The van der Waals surface area contributed by atoms with E-state index in [2.05, 4.69) is 5.32 Å². The van der Waals surface area contributed by atoms with E-state index in [1.165, 1.54) is 0 Å². The normalized spacial score (nSPS) is 30.1. The van der Waals surface area contributed by atoms with E-state index in [4.69, 9.17) is 36.1 Å². The molecule has 0 aliphatic carbocycles. The molecule has 0 bridgehead atoms. The molecule has 1 saturated heterocycles. The van der Waals surface area contributed by atoms with Crippen LogP contribution >= 0.6 is 0 Å². The molecule has 0 atom stereocenters. The van der Waals surface area contributed by atoms with Crippen LogP contribution < -0.4 is 5.32 Å². The number of ether oxygens (including phenoxy) is 1. The van der Waals surface area contributed by atoms with Gasteiger partial charge in [0.1, 0.15) is 5.60 Å². The average molecular weight is 244 g/mol. The zero-order chi connectivity index (χ0) is 13.6. The van der Waals surface area contributed by atoms with Gasteiger partial charge in [0.15, 0.2) is 0 Å². The molecule has 1 amide bonds. The summed E-state index contributed by atoms with van der Waals surface area (Å²) in [6, 6.07) is -1.02. The Balaban J connectivity index is 2.70. The SMILES string of the molecule is [B]C1([B])C(NC(=O)OC(C)(C)C)C([B])([B])S1=O. The van der Waals surface area contributed by atoms with Gasteiger partial charge in [0, 0.05) is 16.8 Å². The second kappa shape index (κ2) is 4.11. The van der Waals surface area contributed by atoms with Crippen molar-refractivity contribution in [3.63, 3.8) is 0 Å². The zero-order valence-electron chi connectivity index (χ0n) is 10.0. The Kier molecular flexibility index (Phi) is 3.56. The maximum Gasteiger partial charge on any atom is 0.407 e. The molecule has 1 fully saturated rings. The van der Waals surface area contributed by atoms with Crippen molar-refractivity contribution in [2.45, 2.75) is 41.5 Å². The highest BCUT2D eigenvalue weighted by molar-refractivity contribution is 7.95. The Bertz CT molecular complexity index is 348. The molecule has 0 aromatic heterocycles. The van der Waals surface area contributed by atoms with Gasteiger partial charge in [0.25, 0.3) is 0 Å². The maximum atomic E-state index is 11.5. The summed E-state index contributed by atoms with van der Waals surface area (Å²) < 4.78 is 13.2. The van der Waals surface area contributed by atoms with E-state index >= 15 is 0 Å². The monoisotopic (exact) mass is 245 g/mol. The topological polar surface area (TPSA) is 55.4 Å². The lowest BCUT2D eigenvalue weighted by molar-refractivity contribution is 0.0501. The standard InChI is InChI=1S/C8H11B4NO3S/c1-6(2,3)16-5(14)13-4-7(9,10)17(15)8(4,11)12/h4H,1-3H3,(H,13,14). The average Bonchev–Trinajstić information content (AvgIpc) is 2.09. The van der Waals surface area contributed by atoms with Crippen LogP contribution in [0.25, 0.3) is 0 Å². The Morgan fingerprint density at radius 1 is 1.24 bits per heavy atom. The first-order valence-corrected chi connectivity index (χ1v) is 6.11. The van der Waals surface area contributed by atoms with Gasteiger partial charge in [0.05, 0.1) is 31.4 Å². The molecule has 1 N–H and O–H groups in total. The van der Waals surface area contributed by atoms with Gasteiger partial charge in [-0.2, -0.15) is 0 Å². The summed E-state index contributed by atoms with van der Waals surface area (Å²) in [6.07, 6.45) is -0.764. The Morgan fingerprint density at radius 3 is 2.00 bits per heavy atom. The fourth-order valence-corrected chi connectivity index (χ4v) is 2.83. The van der Waals surface area contributed by atoms with Gasteiger partial charge in [-0.25, -0.2) is 4.79 Å². The summed E-state index contributed by atoms with van der Waals surface area (Å²) in [6.45, 7) is 5.09. The van der Waals surface area contributed by atoms with Gasteiger partial charge in [-0.3, -0.25) is 4.21 Å². The van der Waals surface area contributed by atoms with Gasteiger partial charge >= 0.3 is 6.09 Å². The van der Waals surface area contributed by atoms with Crippen molar-refractivity contribution in [2.24, 2.45) is 0 Å². The molecule has 0 unspecified atom stereocenters. The van der Waals surface area contributed by atoms with E-state index < -0.39 is 37.6 Å². The van der Waals surface area contributed by atoms with Gasteiger partial charge in [0.2, 0.25) is 0 Å². The van der Waals surface area contributed by atoms with Gasteiger partial charge in [-0.05, 0) is 29.9 Å². The number of rotatable bonds is 1. The molecule has 0 spiro atoms. The van der Waals surface area contributed by atoms with Crippen molar-refractivity contribution >= 4 is 48.3 Å². The molecule has 84 valence electrons. The summed E-state index contributed by atoms with van der Waals surface area (Å²) in [5.74, 6) is 0. The van der Waals surface area contributed by atoms with E-state index in [-0.39, 0.29) is 0 Å². The summed E-state index contributed by atoms with van der Waals surface area (Å²) in [4.78, 5) is 11.5. The smallest absolute Gasteiger partial charge is 0.407 e. The summed E-state index contributed by atoms with van der Waals surface area (Å²) in [7, 11) is 20.3. The molecule has 0 aromatic rings. The Hall–Kier alpha value is -0.320. The molecule has 8 radical (unpaired) electrons. The molecule has 1 rings (SSSR count). The lowest BCUT2D eigenvalue weighted by atomic mass is 9.51. The van der Waals surface area contributed by atoms with Crippen molar-refractivity contribution in [3.8, 4) is 0 Å². The molecule has 1 heterocycles. The fourth-order valence-electron chi connectivity index (χ4n) is 1.47. The molecule has 1 aliphatic rings. The minimum absolute atomic E-state index is 0.676. The molecule has 0 saturated carbocycles. The van der Waals surface area contributed by atoms with Gasteiger partial charge in [-0.1, -0.05) is 0 Å². The van der Waals surface area contributed by atoms with Crippen LogP contribution in [-0.2, 0) is 15.5 Å². The maximum absolute atomic E-state index is 11.5. The van der Waals surface area contributed by atoms with Crippen LogP contribution in [0.1, 0.15) is 20.8 Å². The zero-order valence-corrected chi connectivity index (χ0v) is 10.8. The quantitative estimate of drug-likeness (QED) is 0.579. The van der Waals surface area contributed by atoms with Crippen LogP contribution in [0.2, 0.25) is 0 Å². The number of carbonyl (C=O) groups is 1. The number of carbonyl (C=O) groups excluding carboxylic acids is 1. The van der Waals surface area contributed by atoms with Crippen molar-refractivity contribution < 1.29 is 13.7 Å².